The van der Waals surface area contributed by atoms with Gasteiger partial charge in [-0.2, -0.15) is 5.26 Å². The van der Waals surface area contributed by atoms with Gasteiger partial charge in [-0.3, -0.25) is 4.79 Å². The van der Waals surface area contributed by atoms with Gasteiger partial charge in [-0.05, 0) is 5.56 Å². The average Bonchev–Trinajstić information content (AvgIpc) is 2.21. The standard InChI is InChI=1S/C9H8N2O2S/c1-13-8(12)2-6-4-11-5-7(3-10)9(6)14/h4-5H,2H2,1H3,(H,11,14). The first-order chi connectivity index (χ1) is 6.69. The number of aromatic nitrogens is 1. The van der Waals surface area contributed by atoms with Gasteiger partial charge in [-0.15, -0.1) is 0 Å². The number of esters is 1. The molecule has 0 saturated heterocycles. The molecule has 0 bridgehead atoms. The van der Waals surface area contributed by atoms with Crippen LogP contribution in [-0.2, 0) is 16.0 Å². The number of ether oxygens (including phenoxy) is 1. The van der Waals surface area contributed by atoms with Gasteiger partial charge in [0.15, 0.2) is 0 Å². The second-order valence-electron chi connectivity index (χ2n) is 2.59. The van der Waals surface area contributed by atoms with Crippen LogP contribution in [0.1, 0.15) is 11.1 Å². The molecule has 0 radical (unpaired) electrons. The van der Waals surface area contributed by atoms with Crippen molar-refractivity contribution in [3.63, 3.8) is 0 Å². The second kappa shape index (κ2) is 4.53. The Kier molecular flexibility index (Phi) is 3.37. The summed E-state index contributed by atoms with van der Waals surface area (Å²) in [6.07, 6.45) is 3.19. The molecule has 1 heterocycles. The van der Waals surface area contributed by atoms with Gasteiger partial charge in [0.2, 0.25) is 0 Å². The van der Waals surface area contributed by atoms with Crippen molar-refractivity contribution in [1.82, 2.24) is 4.98 Å². The van der Waals surface area contributed by atoms with Crippen molar-refractivity contribution in [3.05, 3.63) is 28.0 Å². The van der Waals surface area contributed by atoms with Gasteiger partial charge in [-0.25, -0.2) is 0 Å². The summed E-state index contributed by atoms with van der Waals surface area (Å²) in [6.45, 7) is 0. The van der Waals surface area contributed by atoms with E-state index in [1.807, 2.05) is 6.07 Å². The van der Waals surface area contributed by atoms with Crippen LogP contribution in [0.2, 0.25) is 0 Å². The lowest BCUT2D eigenvalue weighted by Crippen LogP contribution is -2.05. The van der Waals surface area contributed by atoms with Crippen molar-refractivity contribution in [2.24, 2.45) is 0 Å². The first-order valence-corrected chi connectivity index (χ1v) is 4.26. The number of rotatable bonds is 2. The van der Waals surface area contributed by atoms with Gasteiger partial charge in [0.25, 0.3) is 0 Å². The van der Waals surface area contributed by atoms with Crippen LogP contribution in [0.5, 0.6) is 0 Å². The van der Waals surface area contributed by atoms with E-state index < -0.39 is 0 Å². The molecular formula is C9H8N2O2S. The van der Waals surface area contributed by atoms with E-state index in [1.165, 1.54) is 13.3 Å². The summed E-state index contributed by atoms with van der Waals surface area (Å²) in [7, 11) is 1.31. The van der Waals surface area contributed by atoms with Crippen molar-refractivity contribution >= 4 is 18.2 Å². The van der Waals surface area contributed by atoms with Crippen LogP contribution >= 0.6 is 12.2 Å². The number of aromatic amines is 1. The smallest absolute Gasteiger partial charge is 0.310 e. The van der Waals surface area contributed by atoms with Gasteiger partial charge in [-0.1, -0.05) is 12.2 Å². The molecule has 0 spiro atoms. The molecule has 1 N–H and O–H groups in total. The van der Waals surface area contributed by atoms with E-state index in [9.17, 15) is 4.79 Å². The summed E-state index contributed by atoms with van der Waals surface area (Å²) in [5.74, 6) is -0.375. The van der Waals surface area contributed by atoms with Crippen LogP contribution in [0, 0.1) is 15.8 Å². The first-order valence-electron chi connectivity index (χ1n) is 3.86. The van der Waals surface area contributed by atoms with E-state index in [1.54, 1.807) is 6.20 Å². The van der Waals surface area contributed by atoms with E-state index >= 15 is 0 Å². The molecule has 0 aromatic carbocycles. The van der Waals surface area contributed by atoms with Crippen molar-refractivity contribution in [2.75, 3.05) is 7.11 Å². The second-order valence-corrected chi connectivity index (χ2v) is 3.00. The van der Waals surface area contributed by atoms with E-state index in [-0.39, 0.29) is 12.4 Å². The van der Waals surface area contributed by atoms with Crippen molar-refractivity contribution in [2.45, 2.75) is 6.42 Å². The fourth-order valence-electron chi connectivity index (χ4n) is 0.972. The molecule has 1 aromatic rings. The molecule has 0 aliphatic heterocycles. The first kappa shape index (κ1) is 10.4. The van der Waals surface area contributed by atoms with Crippen LogP contribution in [0.4, 0.5) is 0 Å². The minimum absolute atomic E-state index is 0.0847. The SMILES string of the molecule is COC(=O)Cc1c[nH]cc(C#N)c1=S. The van der Waals surface area contributed by atoms with Gasteiger partial charge in [0.1, 0.15) is 6.07 Å². The van der Waals surface area contributed by atoms with E-state index in [4.69, 9.17) is 17.5 Å². The molecule has 0 aliphatic carbocycles. The predicted molar refractivity (Wildman–Crippen MR) is 52.1 cm³/mol. The third-order valence-electron chi connectivity index (χ3n) is 1.70. The zero-order valence-electron chi connectivity index (χ0n) is 7.53. The number of nitrogens with one attached hydrogen (secondary N) is 1. The van der Waals surface area contributed by atoms with Gasteiger partial charge in [0.05, 0.1) is 23.6 Å². The van der Waals surface area contributed by atoms with Gasteiger partial charge < -0.3 is 9.72 Å². The maximum atomic E-state index is 11.0. The lowest BCUT2D eigenvalue weighted by molar-refractivity contribution is -0.139. The Bertz CT molecular complexity index is 445. The quantitative estimate of drug-likeness (QED) is 0.588. The fraction of sp³-hybridized carbons (Fsp3) is 0.222. The Hall–Kier alpha value is -1.67. The Morgan fingerprint density at radius 2 is 2.43 bits per heavy atom. The summed E-state index contributed by atoms with van der Waals surface area (Å²) < 4.78 is 4.90. The minimum Gasteiger partial charge on any atom is -0.469 e. The Morgan fingerprint density at radius 3 is 3.00 bits per heavy atom. The normalized spacial score (nSPS) is 9.14. The van der Waals surface area contributed by atoms with E-state index in [0.29, 0.717) is 15.6 Å². The van der Waals surface area contributed by atoms with E-state index in [2.05, 4.69) is 9.72 Å². The molecule has 1 aromatic heterocycles. The lowest BCUT2D eigenvalue weighted by atomic mass is 10.1. The monoisotopic (exact) mass is 208 g/mol. The maximum absolute atomic E-state index is 11.0. The lowest BCUT2D eigenvalue weighted by Gasteiger charge is -2.00. The molecule has 5 heteroatoms. The van der Waals surface area contributed by atoms with Crippen molar-refractivity contribution < 1.29 is 9.53 Å². The minimum atomic E-state index is -0.375. The summed E-state index contributed by atoms with van der Waals surface area (Å²) in [5.41, 5.74) is 0.965. The van der Waals surface area contributed by atoms with Crippen LogP contribution in [0.25, 0.3) is 0 Å². The number of methoxy groups -OCH3 is 1. The topological polar surface area (TPSA) is 65.9 Å². The van der Waals surface area contributed by atoms with Crippen LogP contribution < -0.4 is 0 Å². The molecule has 14 heavy (non-hydrogen) atoms. The average molecular weight is 208 g/mol. The molecule has 0 aliphatic rings. The Labute approximate surface area is 86.1 Å². The molecule has 72 valence electrons. The zero-order chi connectivity index (χ0) is 10.6. The van der Waals surface area contributed by atoms with Gasteiger partial charge >= 0.3 is 5.97 Å². The van der Waals surface area contributed by atoms with Crippen molar-refractivity contribution in [1.29, 1.82) is 5.26 Å². The zero-order valence-corrected chi connectivity index (χ0v) is 8.35. The highest BCUT2D eigenvalue weighted by Gasteiger charge is 2.06. The van der Waals surface area contributed by atoms with Crippen LogP contribution in [0.3, 0.4) is 0 Å². The number of nitriles is 1. The third kappa shape index (κ3) is 2.18. The number of hydrogen-bond acceptors (Lipinski definition) is 4. The molecule has 0 unspecified atom stereocenters. The molecule has 0 saturated carbocycles. The largest absolute Gasteiger partial charge is 0.469 e. The Morgan fingerprint density at radius 1 is 1.71 bits per heavy atom. The summed E-state index contributed by atoms with van der Waals surface area (Å²) in [4.78, 5) is 13.7. The highest BCUT2D eigenvalue weighted by Crippen LogP contribution is 2.07. The van der Waals surface area contributed by atoms with Crippen LogP contribution in [-0.4, -0.2) is 18.1 Å². The fourth-order valence-corrected chi connectivity index (χ4v) is 1.21. The Balaban J connectivity index is 3.06. The number of carbonyl (C=O) groups is 1. The van der Waals surface area contributed by atoms with Crippen LogP contribution in [0.15, 0.2) is 12.4 Å². The van der Waals surface area contributed by atoms with Gasteiger partial charge in [0, 0.05) is 12.4 Å². The van der Waals surface area contributed by atoms with Crippen molar-refractivity contribution in [3.8, 4) is 6.07 Å². The summed E-state index contributed by atoms with van der Waals surface area (Å²) >= 11 is 5.01. The molecule has 1 rings (SSSR count). The number of H-pyrrole nitrogens is 1. The molecule has 0 amide bonds. The highest BCUT2D eigenvalue weighted by atomic mass is 32.1. The van der Waals surface area contributed by atoms with E-state index in [0.717, 1.165) is 0 Å². The summed E-state index contributed by atoms with van der Waals surface area (Å²) in [5, 5.41) is 8.68. The predicted octanol–water partition coefficient (Wildman–Crippen LogP) is 1.33. The summed E-state index contributed by atoms with van der Waals surface area (Å²) in [6, 6.07) is 1.94. The molecule has 4 nitrogen and oxygen atoms in total. The molecule has 0 fully saturated rings. The number of pyridine rings is 1. The number of carbonyl (C=O) groups excluding carboxylic acids is 1. The molecule has 0 atom stereocenters. The third-order valence-corrected chi connectivity index (χ3v) is 2.19. The maximum Gasteiger partial charge on any atom is 0.310 e. The molecular weight excluding hydrogens is 200 g/mol. The highest BCUT2D eigenvalue weighted by molar-refractivity contribution is 7.71. The number of hydrogen-bond donors (Lipinski definition) is 1. The number of nitrogens with zero attached hydrogens (tertiary/aromatic N) is 1.